The number of carbonyl (C=O) groups is 1. The minimum atomic E-state index is -1.41. The largest absolute Gasteiger partial charge is 0.444 e. The number of hydrogen-bond acceptors (Lipinski definition) is 3. The standard InChI is InChI=1S/C22H31FN2O3S/c1-20(2,3)28-19(26)25-11-9-22(10-12-25)14-15-13-16(23)7-8-17(15)18(22)24-29(27)21(4,5)6/h7-8,13H,9-12,14H2,1-6H3/b24-18+/t29-/m1/s1. The van der Waals surface area contributed by atoms with Crippen molar-refractivity contribution in [3.05, 3.63) is 35.1 Å². The third kappa shape index (κ3) is 4.71. The molecular formula is C22H31FN2O3S. The van der Waals surface area contributed by atoms with Crippen molar-refractivity contribution in [3.8, 4) is 0 Å². The molecule has 1 aromatic carbocycles. The fourth-order valence-electron chi connectivity index (χ4n) is 3.90. The molecule has 3 rings (SSSR count). The van der Waals surface area contributed by atoms with Gasteiger partial charge in [-0.15, -0.1) is 0 Å². The number of carbonyl (C=O) groups excluding carboxylic acids is 1. The number of benzene rings is 1. The number of halogens is 1. The zero-order valence-corrected chi connectivity index (χ0v) is 19.0. The first kappa shape index (κ1) is 21.9. The van der Waals surface area contributed by atoms with Crippen LogP contribution in [0.25, 0.3) is 0 Å². The second-order valence-electron chi connectivity index (χ2n) is 10.0. The van der Waals surface area contributed by atoms with Crippen molar-refractivity contribution in [3.63, 3.8) is 0 Å². The van der Waals surface area contributed by atoms with Crippen LogP contribution in [0, 0.1) is 11.2 Å². The van der Waals surface area contributed by atoms with Crippen LogP contribution >= 0.6 is 0 Å². The molecule has 2 aliphatic rings. The Balaban J connectivity index is 1.89. The van der Waals surface area contributed by atoms with Crippen LogP contribution in [0.4, 0.5) is 9.18 Å². The third-order valence-electron chi connectivity index (χ3n) is 5.42. The SMILES string of the molecule is CC(C)(C)OC(=O)N1CCC2(CC1)Cc1cc(F)ccc1/C2=N\[S@](=O)C(C)(C)C. The Morgan fingerprint density at radius 2 is 1.79 bits per heavy atom. The van der Waals surface area contributed by atoms with Crippen LogP contribution in [-0.2, 0) is 22.1 Å². The number of hydrogen-bond donors (Lipinski definition) is 0. The quantitative estimate of drug-likeness (QED) is 0.662. The predicted molar refractivity (Wildman–Crippen MR) is 114 cm³/mol. The molecule has 1 heterocycles. The molecule has 0 bridgehead atoms. The van der Waals surface area contributed by atoms with Crippen molar-refractivity contribution in [1.29, 1.82) is 0 Å². The molecule has 1 spiro atoms. The lowest BCUT2D eigenvalue weighted by Gasteiger charge is -2.40. The maximum atomic E-state index is 13.9. The van der Waals surface area contributed by atoms with E-state index in [1.807, 2.05) is 41.5 Å². The van der Waals surface area contributed by atoms with Gasteiger partial charge in [0, 0.05) is 24.1 Å². The van der Waals surface area contributed by atoms with Crippen LogP contribution in [0.15, 0.2) is 22.6 Å². The third-order valence-corrected chi connectivity index (χ3v) is 6.82. The smallest absolute Gasteiger partial charge is 0.410 e. The van der Waals surface area contributed by atoms with Gasteiger partial charge in [0.25, 0.3) is 0 Å². The number of piperidine rings is 1. The van der Waals surface area contributed by atoms with Gasteiger partial charge >= 0.3 is 6.09 Å². The Labute approximate surface area is 175 Å². The Morgan fingerprint density at radius 1 is 1.17 bits per heavy atom. The van der Waals surface area contributed by atoms with Crippen molar-refractivity contribution < 1.29 is 18.1 Å². The summed E-state index contributed by atoms with van der Waals surface area (Å²) in [7, 11) is -1.41. The normalized spacial score (nSPS) is 21.3. The number of ether oxygens (including phenoxy) is 1. The lowest BCUT2D eigenvalue weighted by molar-refractivity contribution is 0.0159. The van der Waals surface area contributed by atoms with E-state index in [1.165, 1.54) is 6.07 Å². The molecule has 1 amide bonds. The maximum absolute atomic E-state index is 13.9. The summed E-state index contributed by atoms with van der Waals surface area (Å²) in [6.45, 7) is 12.3. The van der Waals surface area contributed by atoms with Crippen molar-refractivity contribution in [2.24, 2.45) is 9.81 Å². The van der Waals surface area contributed by atoms with Crippen LogP contribution < -0.4 is 0 Å². The van der Waals surface area contributed by atoms with E-state index < -0.39 is 21.3 Å². The van der Waals surface area contributed by atoms with Gasteiger partial charge < -0.3 is 9.64 Å². The fraction of sp³-hybridized carbons (Fsp3) is 0.636. The highest BCUT2D eigenvalue weighted by Gasteiger charge is 2.47. The van der Waals surface area contributed by atoms with Gasteiger partial charge in [-0.2, -0.15) is 4.40 Å². The van der Waals surface area contributed by atoms with E-state index in [9.17, 15) is 13.4 Å². The molecule has 1 aliphatic carbocycles. The van der Waals surface area contributed by atoms with Crippen molar-refractivity contribution >= 4 is 22.8 Å². The van der Waals surface area contributed by atoms with E-state index in [1.54, 1.807) is 17.0 Å². The lowest BCUT2D eigenvalue weighted by atomic mass is 9.74. The lowest BCUT2D eigenvalue weighted by Crippen LogP contribution is -2.47. The van der Waals surface area contributed by atoms with Crippen LogP contribution in [0.1, 0.15) is 65.5 Å². The van der Waals surface area contributed by atoms with Gasteiger partial charge in [-0.05, 0) is 84.6 Å². The second-order valence-corrected chi connectivity index (χ2v) is 11.9. The van der Waals surface area contributed by atoms with Gasteiger partial charge in [0.15, 0.2) is 0 Å². The van der Waals surface area contributed by atoms with Crippen LogP contribution in [-0.4, -0.2) is 44.4 Å². The molecule has 1 fully saturated rings. The zero-order chi connectivity index (χ0) is 21.6. The Kier molecular flexibility index (Phi) is 5.67. The molecule has 5 nitrogen and oxygen atoms in total. The predicted octanol–water partition coefficient (Wildman–Crippen LogP) is 4.65. The molecule has 7 heteroatoms. The summed E-state index contributed by atoms with van der Waals surface area (Å²) < 4.78 is 36.3. The molecule has 29 heavy (non-hydrogen) atoms. The molecule has 0 saturated carbocycles. The first-order chi connectivity index (χ1) is 13.3. The molecular weight excluding hydrogens is 391 g/mol. The van der Waals surface area contributed by atoms with E-state index in [4.69, 9.17) is 4.74 Å². The molecule has 1 aromatic rings. The highest BCUT2D eigenvalue weighted by atomic mass is 32.2. The van der Waals surface area contributed by atoms with Crippen LogP contribution in [0.5, 0.6) is 0 Å². The van der Waals surface area contributed by atoms with Crippen LogP contribution in [0.2, 0.25) is 0 Å². The number of fused-ring (bicyclic) bond motifs is 1. The van der Waals surface area contributed by atoms with Gasteiger partial charge in [-0.3, -0.25) is 0 Å². The number of likely N-dealkylation sites (tertiary alicyclic amines) is 1. The molecule has 160 valence electrons. The van der Waals surface area contributed by atoms with Crippen molar-refractivity contribution in [1.82, 2.24) is 4.90 Å². The minimum absolute atomic E-state index is 0.275. The number of rotatable bonds is 1. The zero-order valence-electron chi connectivity index (χ0n) is 18.2. The summed E-state index contributed by atoms with van der Waals surface area (Å²) in [6.07, 6.45) is 1.71. The van der Waals surface area contributed by atoms with Crippen molar-refractivity contribution in [2.75, 3.05) is 13.1 Å². The fourth-order valence-corrected chi connectivity index (χ4v) is 4.63. The molecule has 0 aromatic heterocycles. The van der Waals surface area contributed by atoms with Gasteiger partial charge in [0.2, 0.25) is 0 Å². The number of amides is 1. The molecule has 1 aliphatic heterocycles. The molecule has 0 radical (unpaired) electrons. The van der Waals surface area contributed by atoms with E-state index in [2.05, 4.69) is 4.40 Å². The molecule has 1 atom stereocenters. The average Bonchev–Trinajstić information content (AvgIpc) is 2.85. The average molecular weight is 423 g/mol. The highest BCUT2D eigenvalue weighted by Crippen LogP contribution is 2.46. The summed E-state index contributed by atoms with van der Waals surface area (Å²) in [4.78, 5) is 14.2. The monoisotopic (exact) mass is 422 g/mol. The molecule has 0 N–H and O–H groups in total. The Morgan fingerprint density at radius 3 is 2.34 bits per heavy atom. The van der Waals surface area contributed by atoms with Crippen molar-refractivity contribution in [2.45, 2.75) is 71.2 Å². The maximum Gasteiger partial charge on any atom is 0.410 e. The van der Waals surface area contributed by atoms with Crippen LogP contribution in [0.3, 0.4) is 0 Å². The van der Waals surface area contributed by atoms with E-state index in [0.717, 1.165) is 16.8 Å². The summed E-state index contributed by atoms with van der Waals surface area (Å²) in [5.41, 5.74) is 1.72. The number of nitrogens with zero attached hydrogens (tertiary/aromatic N) is 2. The summed E-state index contributed by atoms with van der Waals surface area (Å²) in [5, 5.41) is 0. The molecule has 0 unspecified atom stereocenters. The Bertz CT molecular complexity index is 860. The summed E-state index contributed by atoms with van der Waals surface area (Å²) >= 11 is 0. The van der Waals surface area contributed by atoms with Gasteiger partial charge in [-0.25, -0.2) is 13.4 Å². The topological polar surface area (TPSA) is 59.0 Å². The Hall–Kier alpha value is -1.76. The van der Waals surface area contributed by atoms with Gasteiger partial charge in [0.1, 0.15) is 22.4 Å². The minimum Gasteiger partial charge on any atom is -0.444 e. The summed E-state index contributed by atoms with van der Waals surface area (Å²) in [6, 6.07) is 4.74. The van der Waals surface area contributed by atoms with E-state index in [-0.39, 0.29) is 17.3 Å². The first-order valence-electron chi connectivity index (χ1n) is 10.1. The highest BCUT2D eigenvalue weighted by molar-refractivity contribution is 7.85. The molecule has 1 saturated heterocycles. The first-order valence-corrected chi connectivity index (χ1v) is 11.2. The van der Waals surface area contributed by atoms with Gasteiger partial charge in [0.05, 0.1) is 10.5 Å². The van der Waals surface area contributed by atoms with E-state index >= 15 is 0 Å². The summed E-state index contributed by atoms with van der Waals surface area (Å²) in [5.74, 6) is -0.275. The van der Waals surface area contributed by atoms with E-state index in [0.29, 0.717) is 32.4 Å². The second kappa shape index (κ2) is 7.49. The van der Waals surface area contributed by atoms with Gasteiger partial charge in [-0.1, -0.05) is 0 Å².